The van der Waals surface area contributed by atoms with Crippen molar-refractivity contribution in [1.29, 1.82) is 0 Å². The van der Waals surface area contributed by atoms with Crippen LogP contribution in [0, 0.1) is 12.7 Å². The molecule has 1 aliphatic rings. The Morgan fingerprint density at radius 2 is 2.32 bits per heavy atom. The number of aliphatic imine (C=N–C) groups is 1. The minimum absolute atomic E-state index is 0. The number of nitrogens with one attached hydrogen (secondary N) is 2. The van der Waals surface area contributed by atoms with Gasteiger partial charge in [-0.1, -0.05) is 0 Å². The van der Waals surface area contributed by atoms with E-state index in [0.29, 0.717) is 18.9 Å². The molecule has 9 heteroatoms. The van der Waals surface area contributed by atoms with Gasteiger partial charge in [-0.15, -0.1) is 35.3 Å². The highest BCUT2D eigenvalue weighted by Crippen LogP contribution is 2.20. The quantitative estimate of drug-likeness (QED) is 0.404. The van der Waals surface area contributed by atoms with E-state index < -0.39 is 0 Å². The van der Waals surface area contributed by atoms with E-state index in [9.17, 15) is 4.39 Å². The van der Waals surface area contributed by atoms with Crippen LogP contribution >= 0.6 is 35.3 Å². The molecule has 3 rings (SSSR count). The second-order valence-corrected chi connectivity index (χ2v) is 6.98. The van der Waals surface area contributed by atoms with E-state index in [1.54, 1.807) is 30.6 Å². The van der Waals surface area contributed by atoms with E-state index in [1.807, 2.05) is 18.0 Å². The fourth-order valence-electron chi connectivity index (χ4n) is 2.73. The first-order chi connectivity index (χ1) is 11.7. The monoisotopic (exact) mass is 476 g/mol. The Morgan fingerprint density at radius 1 is 1.48 bits per heavy atom. The van der Waals surface area contributed by atoms with E-state index >= 15 is 0 Å². The van der Waals surface area contributed by atoms with Crippen LogP contribution in [0.5, 0.6) is 0 Å². The van der Waals surface area contributed by atoms with Crippen molar-refractivity contribution in [2.45, 2.75) is 25.9 Å². The molecule has 2 N–H and O–H groups in total. The van der Waals surface area contributed by atoms with Gasteiger partial charge in [0.25, 0.3) is 0 Å². The van der Waals surface area contributed by atoms with Gasteiger partial charge in [0, 0.05) is 43.4 Å². The lowest BCUT2D eigenvalue weighted by atomic mass is 10.3. The summed E-state index contributed by atoms with van der Waals surface area (Å²) in [7, 11) is 1.75. The molecule has 1 aliphatic heterocycles. The number of guanidine groups is 1. The molecular weight excluding hydrogens is 454 g/mol. The summed E-state index contributed by atoms with van der Waals surface area (Å²) >= 11 is 1.67. The van der Waals surface area contributed by atoms with E-state index in [0.717, 1.165) is 23.9 Å². The Balaban J connectivity index is 0.00000225. The summed E-state index contributed by atoms with van der Waals surface area (Å²) in [6.07, 6.45) is 4.41. The second kappa shape index (κ2) is 9.27. The van der Waals surface area contributed by atoms with Gasteiger partial charge in [-0.05, 0) is 25.5 Å². The van der Waals surface area contributed by atoms with Crippen molar-refractivity contribution in [3.8, 4) is 0 Å². The molecule has 25 heavy (non-hydrogen) atoms. The van der Waals surface area contributed by atoms with E-state index in [1.165, 1.54) is 10.9 Å². The standard InChI is InChI=1S/C16H21FN6S.HI/c1-11-20-8-13(24-11)9-21-16(18-2)22-12-5-7-23(10-12)15-14(17)4-3-6-19-15;/h3-4,6,8,12H,5,7,9-10H2,1-2H3,(H2,18,21,22);1H. The zero-order chi connectivity index (χ0) is 16.9. The minimum Gasteiger partial charge on any atom is -0.352 e. The number of aromatic nitrogens is 2. The van der Waals surface area contributed by atoms with Crippen LogP contribution < -0.4 is 15.5 Å². The van der Waals surface area contributed by atoms with Crippen LogP contribution in [0.3, 0.4) is 0 Å². The molecule has 136 valence electrons. The number of hydrogen-bond acceptors (Lipinski definition) is 5. The predicted molar refractivity (Wildman–Crippen MR) is 110 cm³/mol. The van der Waals surface area contributed by atoms with Crippen LogP contribution in [0.25, 0.3) is 0 Å². The van der Waals surface area contributed by atoms with Crippen LogP contribution in [-0.2, 0) is 6.54 Å². The molecule has 3 heterocycles. The summed E-state index contributed by atoms with van der Waals surface area (Å²) in [6.45, 7) is 4.16. The highest BCUT2D eigenvalue weighted by molar-refractivity contribution is 14.0. The maximum atomic E-state index is 13.8. The highest BCUT2D eigenvalue weighted by Gasteiger charge is 2.25. The van der Waals surface area contributed by atoms with Crippen molar-refractivity contribution in [2.24, 2.45) is 4.99 Å². The molecule has 0 spiro atoms. The van der Waals surface area contributed by atoms with Gasteiger partial charge in [-0.2, -0.15) is 0 Å². The van der Waals surface area contributed by atoms with Gasteiger partial charge in [-0.3, -0.25) is 4.99 Å². The zero-order valence-electron chi connectivity index (χ0n) is 14.2. The molecule has 0 radical (unpaired) electrons. The van der Waals surface area contributed by atoms with Crippen LogP contribution in [0.4, 0.5) is 10.2 Å². The first-order valence-corrected chi connectivity index (χ1v) is 8.71. The number of nitrogens with zero attached hydrogens (tertiary/aromatic N) is 4. The molecule has 0 amide bonds. The van der Waals surface area contributed by atoms with Crippen LogP contribution in [-0.4, -0.2) is 42.1 Å². The molecule has 0 bridgehead atoms. The molecule has 1 atom stereocenters. The van der Waals surface area contributed by atoms with Crippen molar-refractivity contribution in [3.05, 3.63) is 40.2 Å². The topological polar surface area (TPSA) is 65.4 Å². The number of hydrogen-bond donors (Lipinski definition) is 2. The first kappa shape index (κ1) is 19.8. The average Bonchev–Trinajstić information content (AvgIpc) is 3.21. The SMILES string of the molecule is CN=C(NCc1cnc(C)s1)NC1CCN(c2ncccc2F)C1.I. The van der Waals surface area contributed by atoms with E-state index in [4.69, 9.17) is 0 Å². The molecule has 1 unspecified atom stereocenters. The first-order valence-electron chi connectivity index (χ1n) is 7.89. The van der Waals surface area contributed by atoms with Gasteiger partial charge in [0.05, 0.1) is 11.6 Å². The average molecular weight is 476 g/mol. The summed E-state index contributed by atoms with van der Waals surface area (Å²) in [6, 6.07) is 3.26. The molecule has 6 nitrogen and oxygen atoms in total. The Hall–Kier alpha value is -1.49. The lowest BCUT2D eigenvalue weighted by molar-refractivity contribution is 0.612. The summed E-state index contributed by atoms with van der Waals surface area (Å²) in [5, 5.41) is 7.74. The second-order valence-electron chi connectivity index (χ2n) is 5.66. The third kappa shape index (κ3) is 5.24. The molecule has 0 aliphatic carbocycles. The maximum Gasteiger partial charge on any atom is 0.191 e. The number of anilines is 1. The number of aryl methyl sites for hydroxylation is 1. The highest BCUT2D eigenvalue weighted by atomic mass is 127. The molecular formula is C16H22FIN6S. The number of pyridine rings is 1. The lowest BCUT2D eigenvalue weighted by Crippen LogP contribution is -2.44. The van der Waals surface area contributed by atoms with Gasteiger partial charge >= 0.3 is 0 Å². The lowest BCUT2D eigenvalue weighted by Gasteiger charge is -2.19. The number of halogens is 2. The molecule has 0 saturated carbocycles. The third-order valence-corrected chi connectivity index (χ3v) is 4.80. The van der Waals surface area contributed by atoms with Gasteiger partial charge in [0.15, 0.2) is 17.6 Å². The molecule has 1 fully saturated rings. The molecule has 2 aromatic heterocycles. The summed E-state index contributed by atoms with van der Waals surface area (Å²) in [5.74, 6) is 0.889. The van der Waals surface area contributed by atoms with Gasteiger partial charge in [0.2, 0.25) is 0 Å². The zero-order valence-corrected chi connectivity index (χ0v) is 17.3. The molecule has 2 aromatic rings. The molecule has 1 saturated heterocycles. The van der Waals surface area contributed by atoms with Crippen molar-refractivity contribution in [3.63, 3.8) is 0 Å². The largest absolute Gasteiger partial charge is 0.352 e. The van der Waals surface area contributed by atoms with Crippen LogP contribution in [0.2, 0.25) is 0 Å². The van der Waals surface area contributed by atoms with Crippen molar-refractivity contribution >= 4 is 47.1 Å². The van der Waals surface area contributed by atoms with Crippen molar-refractivity contribution in [2.75, 3.05) is 25.0 Å². The van der Waals surface area contributed by atoms with Crippen LogP contribution in [0.1, 0.15) is 16.3 Å². The van der Waals surface area contributed by atoms with Crippen LogP contribution in [0.15, 0.2) is 29.5 Å². The number of thiazole rings is 1. The Labute approximate surface area is 168 Å². The minimum atomic E-state index is -0.277. The van der Waals surface area contributed by atoms with Gasteiger partial charge in [0.1, 0.15) is 0 Å². The fourth-order valence-corrected chi connectivity index (χ4v) is 3.46. The Kier molecular flexibility index (Phi) is 7.36. The maximum absolute atomic E-state index is 13.8. The third-order valence-electron chi connectivity index (χ3n) is 3.89. The Morgan fingerprint density at radius 3 is 3.00 bits per heavy atom. The Bertz CT molecular complexity index is 722. The summed E-state index contributed by atoms with van der Waals surface area (Å²) in [4.78, 5) is 15.8. The number of rotatable bonds is 4. The van der Waals surface area contributed by atoms with E-state index in [-0.39, 0.29) is 35.8 Å². The van der Waals surface area contributed by atoms with Gasteiger partial charge in [-0.25, -0.2) is 14.4 Å². The molecule has 0 aromatic carbocycles. The predicted octanol–water partition coefficient (Wildman–Crippen LogP) is 2.55. The van der Waals surface area contributed by atoms with Gasteiger partial charge < -0.3 is 15.5 Å². The summed E-state index contributed by atoms with van der Waals surface area (Å²) in [5.41, 5.74) is 0. The summed E-state index contributed by atoms with van der Waals surface area (Å²) < 4.78 is 13.8. The smallest absolute Gasteiger partial charge is 0.191 e. The van der Waals surface area contributed by atoms with Crippen molar-refractivity contribution < 1.29 is 4.39 Å². The fraction of sp³-hybridized carbons (Fsp3) is 0.438. The van der Waals surface area contributed by atoms with E-state index in [2.05, 4.69) is 25.6 Å². The van der Waals surface area contributed by atoms with Crippen molar-refractivity contribution in [1.82, 2.24) is 20.6 Å². The normalized spacial score (nSPS) is 17.3.